The molecule has 0 aromatic heterocycles. The highest BCUT2D eigenvalue weighted by molar-refractivity contribution is 5.81. The Labute approximate surface area is 107 Å². The van der Waals surface area contributed by atoms with Crippen LogP contribution < -0.4 is 15.8 Å². The Hall–Kier alpha value is -1.55. The maximum atomic E-state index is 11.2. The van der Waals surface area contributed by atoms with Crippen LogP contribution in [0.25, 0.3) is 0 Å². The fraction of sp³-hybridized carbons (Fsp3) is 0.500. The first kappa shape index (κ1) is 11.5. The third-order valence-electron chi connectivity index (χ3n) is 3.69. The number of amides is 1. The summed E-state index contributed by atoms with van der Waals surface area (Å²) in [7, 11) is 0. The van der Waals surface area contributed by atoms with Crippen molar-refractivity contribution in [1.29, 1.82) is 0 Å². The largest absolute Gasteiger partial charge is 0.314 e. The molecule has 1 atom stereocenters. The van der Waals surface area contributed by atoms with Gasteiger partial charge in [0, 0.05) is 19.0 Å². The molecule has 4 nitrogen and oxygen atoms in total. The van der Waals surface area contributed by atoms with Gasteiger partial charge in [0.25, 0.3) is 0 Å². The second-order valence-electron chi connectivity index (χ2n) is 5.10. The second kappa shape index (κ2) is 4.98. The van der Waals surface area contributed by atoms with Crippen LogP contribution in [0.3, 0.4) is 0 Å². The molecule has 0 aliphatic carbocycles. The van der Waals surface area contributed by atoms with E-state index in [0.29, 0.717) is 12.5 Å². The summed E-state index contributed by atoms with van der Waals surface area (Å²) < 4.78 is 0. The van der Waals surface area contributed by atoms with Gasteiger partial charge in [-0.1, -0.05) is 12.1 Å². The van der Waals surface area contributed by atoms with Gasteiger partial charge in [-0.05, 0) is 43.5 Å². The Morgan fingerprint density at radius 3 is 3.06 bits per heavy atom. The van der Waals surface area contributed by atoms with Crippen LogP contribution in [-0.2, 0) is 11.2 Å². The van der Waals surface area contributed by atoms with Gasteiger partial charge < -0.3 is 5.32 Å². The van der Waals surface area contributed by atoms with Crippen molar-refractivity contribution in [2.24, 2.45) is 0 Å². The van der Waals surface area contributed by atoms with E-state index < -0.39 is 0 Å². The van der Waals surface area contributed by atoms with Gasteiger partial charge in [-0.25, -0.2) is 0 Å². The summed E-state index contributed by atoms with van der Waals surface area (Å²) in [6.45, 7) is 1.91. The van der Waals surface area contributed by atoms with Crippen LogP contribution >= 0.6 is 0 Å². The molecule has 2 heterocycles. The van der Waals surface area contributed by atoms with E-state index in [1.165, 1.54) is 18.4 Å². The van der Waals surface area contributed by atoms with Crippen molar-refractivity contribution < 1.29 is 4.79 Å². The molecule has 1 unspecified atom stereocenters. The van der Waals surface area contributed by atoms with Crippen LogP contribution in [0.1, 0.15) is 24.8 Å². The van der Waals surface area contributed by atoms with Gasteiger partial charge >= 0.3 is 0 Å². The summed E-state index contributed by atoms with van der Waals surface area (Å²) >= 11 is 0. The first-order chi connectivity index (χ1) is 8.81. The maximum Gasteiger partial charge on any atom is 0.240 e. The number of benzene rings is 1. The molecular formula is C14H19N3O. The van der Waals surface area contributed by atoms with Gasteiger partial charge in [0.2, 0.25) is 5.91 Å². The highest BCUT2D eigenvalue weighted by atomic mass is 16.2. The van der Waals surface area contributed by atoms with Gasteiger partial charge in [-0.2, -0.15) is 0 Å². The summed E-state index contributed by atoms with van der Waals surface area (Å²) in [4.78, 5) is 11.2. The van der Waals surface area contributed by atoms with Crippen LogP contribution in [0.5, 0.6) is 0 Å². The maximum absolute atomic E-state index is 11.2. The fourth-order valence-electron chi connectivity index (χ4n) is 2.74. The summed E-state index contributed by atoms with van der Waals surface area (Å²) in [6.07, 6.45) is 4.22. The van der Waals surface area contributed by atoms with E-state index in [1.807, 2.05) is 5.01 Å². The van der Waals surface area contributed by atoms with E-state index in [2.05, 4.69) is 35.0 Å². The molecule has 2 N–H and O–H groups in total. The zero-order valence-corrected chi connectivity index (χ0v) is 10.5. The average molecular weight is 245 g/mol. The quantitative estimate of drug-likeness (QED) is 0.841. The Balaban J connectivity index is 1.70. The number of hydrazine groups is 1. The molecule has 0 bridgehead atoms. The number of anilines is 1. The van der Waals surface area contributed by atoms with Gasteiger partial charge in [-0.3, -0.25) is 15.2 Å². The van der Waals surface area contributed by atoms with E-state index in [0.717, 1.165) is 25.2 Å². The lowest BCUT2D eigenvalue weighted by Crippen LogP contribution is -2.33. The van der Waals surface area contributed by atoms with E-state index >= 15 is 0 Å². The number of hydrogen-bond acceptors (Lipinski definition) is 3. The van der Waals surface area contributed by atoms with Gasteiger partial charge in [0.15, 0.2) is 0 Å². The fourth-order valence-corrected chi connectivity index (χ4v) is 2.74. The summed E-state index contributed by atoms with van der Waals surface area (Å²) in [5.74, 6) is 0.109. The Morgan fingerprint density at radius 1 is 1.39 bits per heavy atom. The normalized spacial score (nSPS) is 23.4. The van der Waals surface area contributed by atoms with Crippen molar-refractivity contribution in [2.45, 2.75) is 31.7 Å². The highest BCUT2D eigenvalue weighted by Crippen LogP contribution is 2.20. The minimum absolute atomic E-state index is 0.109. The van der Waals surface area contributed by atoms with Crippen molar-refractivity contribution in [2.75, 3.05) is 18.1 Å². The summed E-state index contributed by atoms with van der Waals surface area (Å²) in [5.41, 5.74) is 5.30. The number of rotatable bonds is 3. The van der Waals surface area contributed by atoms with Crippen molar-refractivity contribution in [3.63, 3.8) is 0 Å². The smallest absolute Gasteiger partial charge is 0.240 e. The lowest BCUT2D eigenvalue weighted by atomic mass is 10.0. The third-order valence-corrected chi connectivity index (χ3v) is 3.69. The first-order valence-electron chi connectivity index (χ1n) is 6.70. The van der Waals surface area contributed by atoms with E-state index in [9.17, 15) is 4.79 Å². The molecule has 2 aliphatic heterocycles. The number of carbonyl (C=O) groups excluding carboxylic acids is 1. The Kier molecular flexibility index (Phi) is 3.19. The molecule has 2 saturated heterocycles. The standard InChI is InChI=1S/C14H19N3O/c18-14-6-8-17(16-14)13-5-1-3-11(10-13)9-12-4-2-7-15-12/h1,3,5,10,12,15H,2,4,6-9H2,(H,16,18). The monoisotopic (exact) mass is 245 g/mol. The van der Waals surface area contributed by atoms with Crippen molar-refractivity contribution >= 4 is 11.6 Å². The predicted molar refractivity (Wildman–Crippen MR) is 71.3 cm³/mol. The molecule has 2 aliphatic rings. The molecule has 1 aromatic carbocycles. The molecule has 18 heavy (non-hydrogen) atoms. The minimum Gasteiger partial charge on any atom is -0.314 e. The molecule has 0 saturated carbocycles. The predicted octanol–water partition coefficient (Wildman–Crippen LogP) is 1.22. The van der Waals surface area contributed by atoms with E-state index in [4.69, 9.17) is 0 Å². The average Bonchev–Trinajstić information content (AvgIpc) is 3.01. The Bertz CT molecular complexity index is 440. The Morgan fingerprint density at radius 2 is 2.33 bits per heavy atom. The van der Waals surface area contributed by atoms with Gasteiger partial charge in [0.05, 0.1) is 5.69 Å². The molecule has 2 fully saturated rings. The second-order valence-corrected chi connectivity index (χ2v) is 5.10. The topological polar surface area (TPSA) is 44.4 Å². The third kappa shape index (κ3) is 2.48. The SMILES string of the molecule is O=C1CCN(c2cccc(CC3CCCN3)c2)N1. The zero-order chi connectivity index (χ0) is 12.4. The molecule has 0 radical (unpaired) electrons. The van der Waals surface area contributed by atoms with Crippen LogP contribution in [0.2, 0.25) is 0 Å². The number of nitrogens with one attached hydrogen (secondary N) is 2. The highest BCUT2D eigenvalue weighted by Gasteiger charge is 2.19. The first-order valence-corrected chi connectivity index (χ1v) is 6.70. The molecule has 0 spiro atoms. The van der Waals surface area contributed by atoms with Crippen molar-refractivity contribution in [1.82, 2.24) is 10.7 Å². The molecule has 96 valence electrons. The van der Waals surface area contributed by atoms with E-state index in [-0.39, 0.29) is 5.91 Å². The van der Waals surface area contributed by atoms with Crippen LogP contribution in [-0.4, -0.2) is 25.0 Å². The lowest BCUT2D eigenvalue weighted by molar-refractivity contribution is -0.119. The molecule has 1 amide bonds. The molecule has 3 rings (SSSR count). The number of carbonyl (C=O) groups is 1. The molecule has 4 heteroatoms. The van der Waals surface area contributed by atoms with Gasteiger partial charge in [-0.15, -0.1) is 0 Å². The van der Waals surface area contributed by atoms with Gasteiger partial charge in [0.1, 0.15) is 0 Å². The van der Waals surface area contributed by atoms with Crippen LogP contribution in [0, 0.1) is 0 Å². The van der Waals surface area contributed by atoms with Crippen LogP contribution in [0.15, 0.2) is 24.3 Å². The number of hydrogen-bond donors (Lipinski definition) is 2. The lowest BCUT2D eigenvalue weighted by Gasteiger charge is -2.18. The van der Waals surface area contributed by atoms with Crippen molar-refractivity contribution in [3.05, 3.63) is 29.8 Å². The summed E-state index contributed by atoms with van der Waals surface area (Å²) in [5, 5.41) is 5.46. The minimum atomic E-state index is 0.109. The van der Waals surface area contributed by atoms with E-state index in [1.54, 1.807) is 0 Å². The molecular weight excluding hydrogens is 226 g/mol. The van der Waals surface area contributed by atoms with Crippen molar-refractivity contribution in [3.8, 4) is 0 Å². The molecule has 1 aromatic rings. The number of nitrogens with zero attached hydrogens (tertiary/aromatic N) is 1. The van der Waals surface area contributed by atoms with Crippen LogP contribution in [0.4, 0.5) is 5.69 Å². The summed E-state index contributed by atoms with van der Waals surface area (Å²) in [6, 6.07) is 9.10. The zero-order valence-electron chi connectivity index (χ0n) is 10.5.